The van der Waals surface area contributed by atoms with Crippen LogP contribution in [0.3, 0.4) is 0 Å². The minimum Gasteiger partial charge on any atom is -0.392 e. The lowest BCUT2D eigenvalue weighted by Gasteiger charge is -2.42. The van der Waals surface area contributed by atoms with Gasteiger partial charge in [0.1, 0.15) is 0 Å². The van der Waals surface area contributed by atoms with E-state index in [4.69, 9.17) is 4.74 Å². The van der Waals surface area contributed by atoms with Crippen LogP contribution in [-0.2, 0) is 4.74 Å². The van der Waals surface area contributed by atoms with Gasteiger partial charge in [0.15, 0.2) is 0 Å². The van der Waals surface area contributed by atoms with Crippen molar-refractivity contribution in [3.63, 3.8) is 0 Å². The highest BCUT2D eigenvalue weighted by atomic mass is 16.5. The van der Waals surface area contributed by atoms with Crippen LogP contribution in [-0.4, -0.2) is 48.0 Å². The van der Waals surface area contributed by atoms with Gasteiger partial charge in [-0.15, -0.1) is 0 Å². The molecule has 3 heteroatoms. The first-order valence-corrected chi connectivity index (χ1v) is 5.07. The van der Waals surface area contributed by atoms with E-state index in [1.165, 1.54) is 0 Å². The Kier molecular flexibility index (Phi) is 3.71. The lowest BCUT2D eigenvalue weighted by Crippen LogP contribution is -2.55. The standard InChI is InChI=1S/C10H21NO2/c1-4-9(12)7-11-5-6-13-8-10(11,2)3/h9,12H,4-8H2,1-3H3. The molecule has 0 bridgehead atoms. The zero-order valence-electron chi connectivity index (χ0n) is 8.92. The fourth-order valence-corrected chi connectivity index (χ4v) is 1.61. The van der Waals surface area contributed by atoms with Crippen LogP contribution in [0.4, 0.5) is 0 Å². The lowest BCUT2D eigenvalue weighted by molar-refractivity contribution is -0.0665. The van der Waals surface area contributed by atoms with Gasteiger partial charge in [0.2, 0.25) is 0 Å². The van der Waals surface area contributed by atoms with Crippen LogP contribution in [0.5, 0.6) is 0 Å². The predicted octanol–water partition coefficient (Wildman–Crippen LogP) is 0.868. The second kappa shape index (κ2) is 4.40. The zero-order chi connectivity index (χ0) is 9.90. The normalized spacial score (nSPS) is 25.8. The van der Waals surface area contributed by atoms with Crippen molar-refractivity contribution in [3.05, 3.63) is 0 Å². The number of rotatable bonds is 3. The molecule has 0 amide bonds. The Morgan fingerprint density at radius 2 is 2.23 bits per heavy atom. The largest absolute Gasteiger partial charge is 0.392 e. The van der Waals surface area contributed by atoms with Crippen molar-refractivity contribution in [3.8, 4) is 0 Å². The number of ether oxygens (including phenoxy) is 1. The molecule has 0 saturated carbocycles. The summed E-state index contributed by atoms with van der Waals surface area (Å²) >= 11 is 0. The van der Waals surface area contributed by atoms with Crippen molar-refractivity contribution >= 4 is 0 Å². The fraction of sp³-hybridized carbons (Fsp3) is 1.00. The van der Waals surface area contributed by atoms with E-state index < -0.39 is 0 Å². The highest BCUT2D eigenvalue weighted by Gasteiger charge is 2.31. The Hall–Kier alpha value is -0.120. The lowest BCUT2D eigenvalue weighted by atomic mass is 10.0. The molecule has 1 heterocycles. The molecule has 0 radical (unpaired) electrons. The van der Waals surface area contributed by atoms with E-state index in [9.17, 15) is 5.11 Å². The quantitative estimate of drug-likeness (QED) is 0.711. The van der Waals surface area contributed by atoms with E-state index in [1.807, 2.05) is 6.92 Å². The number of aliphatic hydroxyl groups is 1. The van der Waals surface area contributed by atoms with Crippen LogP contribution in [0, 0.1) is 0 Å². The molecule has 1 rings (SSSR count). The van der Waals surface area contributed by atoms with Crippen LogP contribution in [0.25, 0.3) is 0 Å². The third kappa shape index (κ3) is 2.93. The van der Waals surface area contributed by atoms with Crippen molar-refractivity contribution < 1.29 is 9.84 Å². The van der Waals surface area contributed by atoms with Gasteiger partial charge in [-0.1, -0.05) is 6.92 Å². The predicted molar refractivity (Wildman–Crippen MR) is 52.8 cm³/mol. The Morgan fingerprint density at radius 3 is 2.77 bits per heavy atom. The summed E-state index contributed by atoms with van der Waals surface area (Å²) in [6.07, 6.45) is 0.630. The Morgan fingerprint density at radius 1 is 1.54 bits per heavy atom. The molecule has 1 atom stereocenters. The van der Waals surface area contributed by atoms with Crippen LogP contribution in [0.15, 0.2) is 0 Å². The smallest absolute Gasteiger partial charge is 0.0664 e. The van der Waals surface area contributed by atoms with Crippen molar-refractivity contribution in [1.29, 1.82) is 0 Å². The van der Waals surface area contributed by atoms with Crippen LogP contribution < -0.4 is 0 Å². The second-order valence-corrected chi connectivity index (χ2v) is 4.37. The first kappa shape index (κ1) is 11.0. The number of hydrogen-bond donors (Lipinski definition) is 1. The van der Waals surface area contributed by atoms with Crippen LogP contribution in [0.2, 0.25) is 0 Å². The summed E-state index contributed by atoms with van der Waals surface area (Å²) in [4.78, 5) is 2.31. The van der Waals surface area contributed by atoms with E-state index in [-0.39, 0.29) is 11.6 Å². The summed E-state index contributed by atoms with van der Waals surface area (Å²) in [7, 11) is 0. The molecule has 0 aromatic carbocycles. The molecule has 3 nitrogen and oxygen atoms in total. The highest BCUT2D eigenvalue weighted by molar-refractivity contribution is 4.85. The number of aliphatic hydroxyl groups excluding tert-OH is 1. The average molecular weight is 187 g/mol. The van der Waals surface area contributed by atoms with Crippen molar-refractivity contribution in [2.24, 2.45) is 0 Å². The first-order valence-electron chi connectivity index (χ1n) is 5.07. The van der Waals surface area contributed by atoms with Gasteiger partial charge in [-0.2, -0.15) is 0 Å². The molecule has 0 aromatic rings. The minimum atomic E-state index is -0.197. The number of morpholine rings is 1. The molecule has 1 N–H and O–H groups in total. The Labute approximate surface area is 80.7 Å². The zero-order valence-corrected chi connectivity index (χ0v) is 8.92. The Balaban J connectivity index is 2.46. The molecule has 1 unspecified atom stereocenters. The van der Waals surface area contributed by atoms with Gasteiger partial charge in [-0.3, -0.25) is 4.90 Å². The van der Waals surface area contributed by atoms with Gasteiger partial charge in [-0.25, -0.2) is 0 Å². The molecule has 13 heavy (non-hydrogen) atoms. The average Bonchev–Trinajstić information content (AvgIpc) is 2.08. The summed E-state index contributed by atoms with van der Waals surface area (Å²) in [5.41, 5.74) is 0.0778. The second-order valence-electron chi connectivity index (χ2n) is 4.37. The molecule has 1 aliphatic rings. The number of hydrogen-bond acceptors (Lipinski definition) is 3. The third-order valence-corrected chi connectivity index (χ3v) is 2.72. The van der Waals surface area contributed by atoms with Crippen molar-refractivity contribution in [1.82, 2.24) is 4.90 Å². The summed E-state index contributed by atoms with van der Waals surface area (Å²) < 4.78 is 5.41. The maximum absolute atomic E-state index is 9.56. The minimum absolute atomic E-state index is 0.0778. The van der Waals surface area contributed by atoms with E-state index in [0.29, 0.717) is 0 Å². The number of β-amino-alcohol motifs (C(OH)–C–C–N with tert-alkyl or cyclic N) is 1. The summed E-state index contributed by atoms with van der Waals surface area (Å²) in [5, 5.41) is 9.56. The highest BCUT2D eigenvalue weighted by Crippen LogP contribution is 2.19. The van der Waals surface area contributed by atoms with E-state index in [0.717, 1.165) is 32.7 Å². The molecular weight excluding hydrogens is 166 g/mol. The van der Waals surface area contributed by atoms with Crippen LogP contribution >= 0.6 is 0 Å². The first-order chi connectivity index (χ1) is 6.06. The maximum Gasteiger partial charge on any atom is 0.0664 e. The van der Waals surface area contributed by atoms with Crippen molar-refractivity contribution in [2.45, 2.75) is 38.8 Å². The monoisotopic (exact) mass is 187 g/mol. The number of nitrogens with zero attached hydrogens (tertiary/aromatic N) is 1. The molecule has 0 aliphatic carbocycles. The van der Waals surface area contributed by atoms with Gasteiger partial charge >= 0.3 is 0 Å². The summed E-state index contributed by atoms with van der Waals surface area (Å²) in [6, 6.07) is 0. The molecular formula is C10H21NO2. The fourth-order valence-electron chi connectivity index (χ4n) is 1.61. The molecule has 1 fully saturated rings. The van der Waals surface area contributed by atoms with E-state index in [2.05, 4.69) is 18.7 Å². The maximum atomic E-state index is 9.56. The van der Waals surface area contributed by atoms with Crippen molar-refractivity contribution in [2.75, 3.05) is 26.3 Å². The van der Waals surface area contributed by atoms with Gasteiger partial charge in [0, 0.05) is 18.6 Å². The molecule has 0 aromatic heterocycles. The molecule has 1 saturated heterocycles. The summed E-state index contributed by atoms with van der Waals surface area (Å²) in [6.45, 7) is 9.60. The van der Waals surface area contributed by atoms with Gasteiger partial charge in [0.05, 0.1) is 19.3 Å². The third-order valence-electron chi connectivity index (χ3n) is 2.72. The topological polar surface area (TPSA) is 32.7 Å². The van der Waals surface area contributed by atoms with Gasteiger partial charge in [-0.05, 0) is 20.3 Å². The molecule has 1 aliphatic heterocycles. The van der Waals surface area contributed by atoms with E-state index >= 15 is 0 Å². The SMILES string of the molecule is CCC(O)CN1CCOCC1(C)C. The molecule has 78 valence electrons. The van der Waals surface area contributed by atoms with E-state index in [1.54, 1.807) is 0 Å². The summed E-state index contributed by atoms with van der Waals surface area (Å²) in [5.74, 6) is 0. The van der Waals surface area contributed by atoms with Crippen LogP contribution in [0.1, 0.15) is 27.2 Å². The molecule has 0 spiro atoms. The Bertz CT molecular complexity index is 159. The van der Waals surface area contributed by atoms with Gasteiger partial charge < -0.3 is 9.84 Å². The van der Waals surface area contributed by atoms with Gasteiger partial charge in [0.25, 0.3) is 0 Å².